The van der Waals surface area contributed by atoms with Crippen LogP contribution >= 0.6 is 0 Å². The second-order valence-electron chi connectivity index (χ2n) is 6.18. The van der Waals surface area contributed by atoms with Gasteiger partial charge >= 0.3 is 5.97 Å². The lowest BCUT2D eigenvalue weighted by atomic mass is 9.89. The van der Waals surface area contributed by atoms with Crippen LogP contribution in [0.4, 0.5) is 0 Å². The van der Waals surface area contributed by atoms with Crippen molar-refractivity contribution in [2.45, 2.75) is 12.8 Å². The first-order valence-corrected chi connectivity index (χ1v) is 8.10. The van der Waals surface area contributed by atoms with Gasteiger partial charge in [-0.2, -0.15) is 0 Å². The minimum absolute atomic E-state index is 0.171. The molecule has 3 rings (SSSR count). The number of methoxy groups -OCH3 is 1. The molecule has 25 heavy (non-hydrogen) atoms. The zero-order chi connectivity index (χ0) is 18.0. The fourth-order valence-electron chi connectivity index (χ4n) is 3.28. The van der Waals surface area contributed by atoms with Crippen molar-refractivity contribution in [3.8, 4) is 5.88 Å². The SMILES string of the molecule is COc1nc(C)ccc1C(=O)N1C[C@H](C(=O)O)[C@H](c2ccccc2)C1. The molecule has 1 fully saturated rings. The van der Waals surface area contributed by atoms with Gasteiger partial charge in [-0.25, -0.2) is 4.98 Å². The highest BCUT2D eigenvalue weighted by Crippen LogP contribution is 2.34. The number of ether oxygens (including phenoxy) is 1. The number of carbonyl (C=O) groups is 2. The number of hydrogen-bond acceptors (Lipinski definition) is 4. The molecule has 6 heteroatoms. The van der Waals surface area contributed by atoms with E-state index in [1.54, 1.807) is 17.0 Å². The number of hydrogen-bond donors (Lipinski definition) is 1. The summed E-state index contributed by atoms with van der Waals surface area (Å²) in [6.07, 6.45) is 0. The third-order valence-electron chi connectivity index (χ3n) is 4.58. The summed E-state index contributed by atoms with van der Waals surface area (Å²) in [6, 6.07) is 12.9. The largest absolute Gasteiger partial charge is 0.481 e. The number of carbonyl (C=O) groups excluding carboxylic acids is 1. The molecule has 0 saturated carbocycles. The van der Waals surface area contributed by atoms with E-state index in [4.69, 9.17) is 4.74 Å². The predicted molar refractivity (Wildman–Crippen MR) is 91.7 cm³/mol. The molecule has 1 amide bonds. The number of carboxylic acid groups (broad SMARTS) is 1. The van der Waals surface area contributed by atoms with Gasteiger partial charge in [-0.1, -0.05) is 30.3 Å². The van der Waals surface area contributed by atoms with Crippen LogP contribution in [-0.2, 0) is 4.79 Å². The number of pyridine rings is 1. The average molecular weight is 340 g/mol. The van der Waals surface area contributed by atoms with Crippen molar-refractivity contribution >= 4 is 11.9 Å². The Hall–Kier alpha value is -2.89. The van der Waals surface area contributed by atoms with Gasteiger partial charge in [-0.05, 0) is 24.6 Å². The summed E-state index contributed by atoms with van der Waals surface area (Å²) in [4.78, 5) is 30.4. The molecule has 1 N–H and O–H groups in total. The van der Waals surface area contributed by atoms with E-state index in [1.165, 1.54) is 7.11 Å². The lowest BCUT2D eigenvalue weighted by Gasteiger charge is -2.18. The average Bonchev–Trinajstić information content (AvgIpc) is 3.07. The van der Waals surface area contributed by atoms with E-state index >= 15 is 0 Å². The first-order valence-electron chi connectivity index (χ1n) is 8.10. The van der Waals surface area contributed by atoms with Gasteiger partial charge in [0, 0.05) is 24.7 Å². The van der Waals surface area contributed by atoms with Crippen molar-refractivity contribution in [2.24, 2.45) is 5.92 Å². The number of amides is 1. The summed E-state index contributed by atoms with van der Waals surface area (Å²) >= 11 is 0. The number of aromatic nitrogens is 1. The van der Waals surface area contributed by atoms with Gasteiger partial charge in [0.05, 0.1) is 13.0 Å². The highest BCUT2D eigenvalue weighted by atomic mass is 16.5. The van der Waals surface area contributed by atoms with E-state index in [0.717, 1.165) is 11.3 Å². The van der Waals surface area contributed by atoms with Gasteiger partial charge in [-0.3, -0.25) is 9.59 Å². The maximum atomic E-state index is 12.9. The van der Waals surface area contributed by atoms with Gasteiger partial charge in [0.2, 0.25) is 5.88 Å². The van der Waals surface area contributed by atoms with Crippen LogP contribution in [0.15, 0.2) is 42.5 Å². The van der Waals surface area contributed by atoms with Crippen LogP contribution in [0.1, 0.15) is 27.5 Å². The molecule has 0 radical (unpaired) electrons. The summed E-state index contributed by atoms with van der Waals surface area (Å²) in [6.45, 7) is 2.35. The highest BCUT2D eigenvalue weighted by molar-refractivity contribution is 5.97. The van der Waals surface area contributed by atoms with Gasteiger partial charge in [-0.15, -0.1) is 0 Å². The lowest BCUT2D eigenvalue weighted by Crippen LogP contribution is -2.30. The predicted octanol–water partition coefficient (Wildman–Crippen LogP) is 2.34. The van der Waals surface area contributed by atoms with Crippen LogP contribution in [0, 0.1) is 12.8 Å². The number of nitrogens with zero attached hydrogens (tertiary/aromatic N) is 2. The third-order valence-corrected chi connectivity index (χ3v) is 4.58. The number of likely N-dealkylation sites (tertiary alicyclic amines) is 1. The maximum Gasteiger partial charge on any atom is 0.308 e. The molecule has 130 valence electrons. The van der Waals surface area contributed by atoms with E-state index in [-0.39, 0.29) is 24.2 Å². The first kappa shape index (κ1) is 17.0. The molecule has 0 unspecified atom stereocenters. The monoisotopic (exact) mass is 340 g/mol. The Morgan fingerprint density at radius 2 is 1.88 bits per heavy atom. The van der Waals surface area contributed by atoms with Crippen molar-refractivity contribution in [3.05, 3.63) is 59.3 Å². The van der Waals surface area contributed by atoms with Crippen LogP contribution < -0.4 is 4.74 Å². The molecule has 2 aromatic rings. The van der Waals surface area contributed by atoms with Crippen LogP contribution in [0.25, 0.3) is 0 Å². The fourth-order valence-corrected chi connectivity index (χ4v) is 3.28. The van der Waals surface area contributed by atoms with Gasteiger partial charge in [0.15, 0.2) is 0 Å². The summed E-state index contributed by atoms with van der Waals surface area (Å²) in [7, 11) is 1.47. The zero-order valence-electron chi connectivity index (χ0n) is 14.2. The lowest BCUT2D eigenvalue weighted by molar-refractivity contribution is -0.141. The smallest absolute Gasteiger partial charge is 0.308 e. The number of rotatable bonds is 4. The minimum atomic E-state index is -0.891. The van der Waals surface area contributed by atoms with Crippen LogP contribution in [0.3, 0.4) is 0 Å². The number of aliphatic carboxylic acids is 1. The Kier molecular flexibility index (Phi) is 4.70. The molecule has 0 bridgehead atoms. The quantitative estimate of drug-likeness (QED) is 0.924. The fraction of sp³-hybridized carbons (Fsp3) is 0.316. The van der Waals surface area contributed by atoms with E-state index in [2.05, 4.69) is 4.98 Å². The van der Waals surface area contributed by atoms with Crippen molar-refractivity contribution in [2.75, 3.05) is 20.2 Å². The van der Waals surface area contributed by atoms with E-state index in [0.29, 0.717) is 12.1 Å². The number of benzene rings is 1. The van der Waals surface area contributed by atoms with E-state index < -0.39 is 11.9 Å². The summed E-state index contributed by atoms with van der Waals surface area (Å²) in [5.41, 5.74) is 2.03. The maximum absolute atomic E-state index is 12.9. The Morgan fingerprint density at radius 1 is 1.16 bits per heavy atom. The molecule has 2 heterocycles. The standard InChI is InChI=1S/C19H20N2O4/c1-12-8-9-14(17(20-12)25-2)18(22)21-10-15(16(11-21)19(23)24)13-6-4-3-5-7-13/h3-9,15-16H,10-11H2,1-2H3,(H,23,24)/t15-,16-/m0/s1. The van der Waals surface area contributed by atoms with Crippen molar-refractivity contribution in [3.63, 3.8) is 0 Å². The topological polar surface area (TPSA) is 79.7 Å². The molecule has 2 atom stereocenters. The molecule has 6 nitrogen and oxygen atoms in total. The summed E-state index contributed by atoms with van der Waals surface area (Å²) in [5, 5.41) is 9.58. The molecule has 1 aromatic carbocycles. The molecule has 1 aromatic heterocycles. The van der Waals surface area contributed by atoms with Crippen LogP contribution in [0.2, 0.25) is 0 Å². The third kappa shape index (κ3) is 3.33. The Balaban J connectivity index is 1.89. The Labute approximate surface area is 146 Å². The highest BCUT2D eigenvalue weighted by Gasteiger charge is 2.41. The van der Waals surface area contributed by atoms with Gasteiger partial charge in [0.1, 0.15) is 5.56 Å². The van der Waals surface area contributed by atoms with E-state index in [9.17, 15) is 14.7 Å². The summed E-state index contributed by atoms with van der Waals surface area (Å²) in [5.74, 6) is -1.74. The van der Waals surface area contributed by atoms with Crippen molar-refractivity contribution < 1.29 is 19.4 Å². The van der Waals surface area contributed by atoms with Crippen LogP contribution in [0.5, 0.6) is 5.88 Å². The Bertz CT molecular complexity index is 791. The molecular formula is C19H20N2O4. The molecule has 0 spiro atoms. The second-order valence-corrected chi connectivity index (χ2v) is 6.18. The molecular weight excluding hydrogens is 320 g/mol. The van der Waals surface area contributed by atoms with Crippen molar-refractivity contribution in [1.29, 1.82) is 0 Å². The van der Waals surface area contributed by atoms with Gasteiger partial charge in [0.25, 0.3) is 5.91 Å². The zero-order valence-corrected chi connectivity index (χ0v) is 14.2. The molecule has 1 saturated heterocycles. The number of aryl methyl sites for hydroxylation is 1. The first-order chi connectivity index (χ1) is 12.0. The van der Waals surface area contributed by atoms with E-state index in [1.807, 2.05) is 37.3 Å². The number of carboxylic acids is 1. The molecule has 1 aliphatic heterocycles. The molecule has 0 aliphatic carbocycles. The normalized spacial score (nSPS) is 19.7. The van der Waals surface area contributed by atoms with Crippen molar-refractivity contribution in [1.82, 2.24) is 9.88 Å². The van der Waals surface area contributed by atoms with Crippen LogP contribution in [-0.4, -0.2) is 47.1 Å². The molecule has 1 aliphatic rings. The second kappa shape index (κ2) is 6.93. The van der Waals surface area contributed by atoms with Gasteiger partial charge < -0.3 is 14.7 Å². The minimum Gasteiger partial charge on any atom is -0.481 e. The Morgan fingerprint density at radius 3 is 2.52 bits per heavy atom. The summed E-state index contributed by atoms with van der Waals surface area (Å²) < 4.78 is 5.22.